The van der Waals surface area contributed by atoms with Crippen molar-refractivity contribution in [3.63, 3.8) is 0 Å². The molecule has 0 aliphatic rings. The summed E-state index contributed by atoms with van der Waals surface area (Å²) in [7, 11) is 1.70. The molecule has 1 amide bonds. The van der Waals surface area contributed by atoms with Crippen LogP contribution in [0.25, 0.3) is 0 Å². The molecule has 0 spiro atoms. The van der Waals surface area contributed by atoms with Crippen LogP contribution < -0.4 is 5.73 Å². The van der Waals surface area contributed by atoms with Crippen LogP contribution in [0.5, 0.6) is 0 Å². The number of hydrogen-bond donors (Lipinski definition) is 1. The number of rotatable bonds is 7. The van der Waals surface area contributed by atoms with E-state index in [1.165, 1.54) is 0 Å². The number of ether oxygens (including phenoxy) is 1. The first kappa shape index (κ1) is 13.9. The Balaban J connectivity index is 4.35. The van der Waals surface area contributed by atoms with Gasteiger partial charge in [-0.05, 0) is 20.4 Å². The lowest BCUT2D eigenvalue weighted by molar-refractivity contribution is -0.149. The monoisotopic (exact) mass is 216 g/mol. The summed E-state index contributed by atoms with van der Waals surface area (Å²) in [6, 6.07) is -0.373. The van der Waals surface area contributed by atoms with E-state index in [1.807, 2.05) is 6.92 Å². The molecule has 15 heavy (non-hydrogen) atoms. The summed E-state index contributed by atoms with van der Waals surface area (Å²) < 4.78 is 4.93. The molecule has 0 fully saturated rings. The Morgan fingerprint density at radius 3 is 2.40 bits per heavy atom. The highest BCUT2D eigenvalue weighted by molar-refractivity contribution is 5.79. The quantitative estimate of drug-likeness (QED) is 0.614. The minimum atomic E-state index is -0.442. The van der Waals surface area contributed by atoms with E-state index in [1.54, 1.807) is 18.9 Å². The van der Waals surface area contributed by atoms with Crippen molar-refractivity contribution in [2.75, 3.05) is 20.2 Å². The molecule has 0 heterocycles. The van der Waals surface area contributed by atoms with Crippen LogP contribution in [0.4, 0.5) is 0 Å². The second-order valence-electron chi connectivity index (χ2n) is 3.44. The SMILES string of the molecule is CCCC(C(=O)OCC)N(C)CC(N)=O. The summed E-state index contributed by atoms with van der Waals surface area (Å²) >= 11 is 0. The minimum Gasteiger partial charge on any atom is -0.465 e. The van der Waals surface area contributed by atoms with Gasteiger partial charge < -0.3 is 10.5 Å². The van der Waals surface area contributed by atoms with Crippen LogP contribution in [0.3, 0.4) is 0 Å². The Bertz CT molecular complexity index is 219. The second kappa shape index (κ2) is 7.23. The minimum absolute atomic E-state index is 0.0729. The van der Waals surface area contributed by atoms with E-state index in [0.29, 0.717) is 13.0 Å². The van der Waals surface area contributed by atoms with Crippen molar-refractivity contribution in [3.8, 4) is 0 Å². The van der Waals surface area contributed by atoms with Crippen LogP contribution in [0.1, 0.15) is 26.7 Å². The van der Waals surface area contributed by atoms with E-state index in [9.17, 15) is 9.59 Å². The predicted molar refractivity (Wildman–Crippen MR) is 57.2 cm³/mol. The third kappa shape index (κ3) is 5.37. The van der Waals surface area contributed by atoms with Crippen LogP contribution in [-0.4, -0.2) is 43.0 Å². The molecule has 0 radical (unpaired) electrons. The van der Waals surface area contributed by atoms with Crippen LogP contribution in [0.2, 0.25) is 0 Å². The van der Waals surface area contributed by atoms with Gasteiger partial charge in [-0.15, -0.1) is 0 Å². The van der Waals surface area contributed by atoms with E-state index in [-0.39, 0.29) is 18.6 Å². The van der Waals surface area contributed by atoms with Gasteiger partial charge in [-0.25, -0.2) is 0 Å². The topological polar surface area (TPSA) is 72.6 Å². The predicted octanol–water partition coefficient (Wildman–Crippen LogP) is 0.135. The van der Waals surface area contributed by atoms with Crippen molar-refractivity contribution in [2.45, 2.75) is 32.7 Å². The van der Waals surface area contributed by atoms with E-state index in [4.69, 9.17) is 10.5 Å². The van der Waals surface area contributed by atoms with Crippen LogP contribution in [-0.2, 0) is 14.3 Å². The van der Waals surface area contributed by atoms with Crippen molar-refractivity contribution in [3.05, 3.63) is 0 Å². The summed E-state index contributed by atoms with van der Waals surface area (Å²) in [4.78, 5) is 23.9. The second-order valence-corrected chi connectivity index (χ2v) is 3.44. The molecule has 5 heteroatoms. The molecule has 0 bridgehead atoms. The fraction of sp³-hybridized carbons (Fsp3) is 0.800. The van der Waals surface area contributed by atoms with E-state index >= 15 is 0 Å². The number of nitrogens with two attached hydrogens (primary N) is 1. The zero-order valence-corrected chi connectivity index (χ0v) is 9.66. The smallest absolute Gasteiger partial charge is 0.323 e. The maximum atomic E-state index is 11.5. The number of likely N-dealkylation sites (N-methyl/N-ethyl adjacent to an activating group) is 1. The van der Waals surface area contributed by atoms with Crippen molar-refractivity contribution < 1.29 is 14.3 Å². The fourth-order valence-corrected chi connectivity index (χ4v) is 1.39. The molecule has 1 atom stereocenters. The first-order chi connectivity index (χ1) is 7.02. The first-order valence-electron chi connectivity index (χ1n) is 5.18. The maximum absolute atomic E-state index is 11.5. The summed E-state index contributed by atoms with van der Waals surface area (Å²) in [5.74, 6) is -0.731. The van der Waals surface area contributed by atoms with Gasteiger partial charge in [0.25, 0.3) is 0 Å². The number of carbonyl (C=O) groups excluding carboxylic acids is 2. The molecule has 88 valence electrons. The fourth-order valence-electron chi connectivity index (χ4n) is 1.39. The van der Waals surface area contributed by atoms with E-state index in [2.05, 4.69) is 0 Å². The van der Waals surface area contributed by atoms with Crippen LogP contribution in [0, 0.1) is 0 Å². The van der Waals surface area contributed by atoms with Gasteiger partial charge in [0, 0.05) is 0 Å². The molecular weight excluding hydrogens is 196 g/mol. The van der Waals surface area contributed by atoms with Gasteiger partial charge in [0.05, 0.1) is 13.2 Å². The lowest BCUT2D eigenvalue weighted by Crippen LogP contribution is -2.43. The zero-order valence-electron chi connectivity index (χ0n) is 9.66. The average molecular weight is 216 g/mol. The van der Waals surface area contributed by atoms with Gasteiger partial charge in [0.2, 0.25) is 5.91 Å². The largest absolute Gasteiger partial charge is 0.465 e. The lowest BCUT2D eigenvalue weighted by atomic mass is 10.1. The average Bonchev–Trinajstić information content (AvgIpc) is 2.13. The molecular formula is C10H20N2O3. The third-order valence-electron chi connectivity index (χ3n) is 2.06. The van der Waals surface area contributed by atoms with E-state index < -0.39 is 5.91 Å². The molecule has 0 saturated heterocycles. The Hall–Kier alpha value is -1.10. The molecule has 0 aliphatic carbocycles. The Morgan fingerprint density at radius 1 is 1.40 bits per heavy atom. The molecule has 0 aromatic carbocycles. The molecule has 5 nitrogen and oxygen atoms in total. The zero-order chi connectivity index (χ0) is 11.8. The van der Waals surface area contributed by atoms with Crippen molar-refractivity contribution >= 4 is 11.9 Å². The van der Waals surface area contributed by atoms with Gasteiger partial charge in [-0.2, -0.15) is 0 Å². The first-order valence-corrected chi connectivity index (χ1v) is 5.18. The van der Waals surface area contributed by atoms with Gasteiger partial charge in [0.15, 0.2) is 0 Å². The highest BCUT2D eigenvalue weighted by Gasteiger charge is 2.24. The van der Waals surface area contributed by atoms with E-state index in [0.717, 1.165) is 6.42 Å². The third-order valence-corrected chi connectivity index (χ3v) is 2.06. The highest BCUT2D eigenvalue weighted by Crippen LogP contribution is 2.06. The molecule has 0 rings (SSSR count). The summed E-state index contributed by atoms with van der Waals surface area (Å²) in [5.41, 5.74) is 5.07. The molecule has 0 aromatic rings. The van der Waals surface area contributed by atoms with Crippen molar-refractivity contribution in [2.24, 2.45) is 5.73 Å². The highest BCUT2D eigenvalue weighted by atomic mass is 16.5. The number of hydrogen-bond acceptors (Lipinski definition) is 4. The standard InChI is InChI=1S/C10H20N2O3/c1-4-6-8(10(14)15-5-2)12(3)7-9(11)13/h8H,4-7H2,1-3H3,(H2,11,13). The van der Waals surface area contributed by atoms with Crippen LogP contribution in [0.15, 0.2) is 0 Å². The van der Waals surface area contributed by atoms with Gasteiger partial charge in [-0.3, -0.25) is 14.5 Å². The number of esters is 1. The lowest BCUT2D eigenvalue weighted by Gasteiger charge is -2.24. The molecule has 0 saturated carbocycles. The number of nitrogens with zero attached hydrogens (tertiary/aromatic N) is 1. The van der Waals surface area contributed by atoms with Gasteiger partial charge in [-0.1, -0.05) is 13.3 Å². The normalized spacial score (nSPS) is 12.5. The number of amides is 1. The summed E-state index contributed by atoms with van der Waals surface area (Å²) in [6.45, 7) is 4.16. The van der Waals surface area contributed by atoms with Gasteiger partial charge >= 0.3 is 5.97 Å². The molecule has 2 N–H and O–H groups in total. The van der Waals surface area contributed by atoms with Crippen LogP contribution >= 0.6 is 0 Å². The summed E-state index contributed by atoms with van der Waals surface area (Å²) in [5, 5.41) is 0. The molecule has 0 aliphatic heterocycles. The number of primary amides is 1. The summed E-state index contributed by atoms with van der Waals surface area (Å²) in [6.07, 6.45) is 1.52. The Morgan fingerprint density at radius 2 is 2.00 bits per heavy atom. The Labute approximate surface area is 90.6 Å². The van der Waals surface area contributed by atoms with Crippen molar-refractivity contribution in [1.29, 1.82) is 0 Å². The molecule has 1 unspecified atom stereocenters. The number of carbonyl (C=O) groups is 2. The molecule has 0 aromatic heterocycles. The van der Waals surface area contributed by atoms with Gasteiger partial charge in [0.1, 0.15) is 6.04 Å². The maximum Gasteiger partial charge on any atom is 0.323 e. The van der Waals surface area contributed by atoms with Crippen molar-refractivity contribution in [1.82, 2.24) is 4.90 Å². The Kier molecular flexibility index (Phi) is 6.70.